The predicted molar refractivity (Wildman–Crippen MR) is 85.4 cm³/mol. The van der Waals surface area contributed by atoms with Crippen LogP contribution in [0, 0.1) is 0 Å². The first-order valence-electron chi connectivity index (χ1n) is 7.60. The van der Waals surface area contributed by atoms with Gasteiger partial charge in [0, 0.05) is 31.1 Å². The molecular formula is C17H22ClNO2. The Morgan fingerprint density at radius 2 is 1.90 bits per heavy atom. The van der Waals surface area contributed by atoms with Crippen LogP contribution in [0.25, 0.3) is 5.57 Å². The number of nitrogens with zero attached hydrogens (tertiary/aromatic N) is 1. The van der Waals surface area contributed by atoms with Crippen molar-refractivity contribution in [3.63, 3.8) is 0 Å². The zero-order valence-electron chi connectivity index (χ0n) is 12.5. The number of benzene rings is 1. The van der Waals surface area contributed by atoms with Crippen LogP contribution >= 0.6 is 11.6 Å². The van der Waals surface area contributed by atoms with Gasteiger partial charge in [-0.2, -0.15) is 0 Å². The Bertz CT molecular complexity index is 506. The summed E-state index contributed by atoms with van der Waals surface area (Å²) in [6.45, 7) is 6.58. The predicted octanol–water partition coefficient (Wildman–Crippen LogP) is 3.58. The van der Waals surface area contributed by atoms with Gasteiger partial charge in [0.05, 0.1) is 13.2 Å². The van der Waals surface area contributed by atoms with E-state index in [9.17, 15) is 0 Å². The van der Waals surface area contributed by atoms with Crippen LogP contribution in [0.2, 0.25) is 5.02 Å². The molecule has 4 heteroatoms. The standard InChI is InChI=1S/C17H22ClNO2/c1-17(20-12-13-21-17)8-11-19-9-6-15(7-10-19)14-2-4-16(18)5-3-14/h2-6H,7-13H2,1H3. The quantitative estimate of drug-likeness (QED) is 0.848. The summed E-state index contributed by atoms with van der Waals surface area (Å²) < 4.78 is 11.3. The molecular weight excluding hydrogens is 286 g/mol. The molecule has 0 amide bonds. The third-order valence-electron chi connectivity index (χ3n) is 4.29. The van der Waals surface area contributed by atoms with Crippen molar-refractivity contribution in [1.29, 1.82) is 0 Å². The summed E-state index contributed by atoms with van der Waals surface area (Å²) in [7, 11) is 0. The minimum atomic E-state index is -0.375. The lowest BCUT2D eigenvalue weighted by atomic mass is 9.99. The highest BCUT2D eigenvalue weighted by Gasteiger charge is 2.31. The first kappa shape index (κ1) is 15.0. The molecule has 0 spiro atoms. The maximum absolute atomic E-state index is 5.94. The van der Waals surface area contributed by atoms with Crippen molar-refractivity contribution in [1.82, 2.24) is 4.90 Å². The average Bonchev–Trinajstić information content (AvgIpc) is 2.94. The topological polar surface area (TPSA) is 21.7 Å². The van der Waals surface area contributed by atoms with Crippen LogP contribution in [-0.2, 0) is 9.47 Å². The van der Waals surface area contributed by atoms with E-state index in [4.69, 9.17) is 21.1 Å². The second-order valence-electron chi connectivity index (χ2n) is 5.87. The van der Waals surface area contributed by atoms with Crippen LogP contribution in [-0.4, -0.2) is 43.5 Å². The zero-order chi connectivity index (χ0) is 14.7. The Balaban J connectivity index is 1.53. The molecule has 114 valence electrons. The fourth-order valence-corrected chi connectivity index (χ4v) is 3.03. The molecule has 0 bridgehead atoms. The van der Waals surface area contributed by atoms with E-state index in [1.165, 1.54) is 11.1 Å². The van der Waals surface area contributed by atoms with E-state index in [0.29, 0.717) is 0 Å². The largest absolute Gasteiger partial charge is 0.348 e. The Morgan fingerprint density at radius 3 is 2.52 bits per heavy atom. The molecule has 0 aliphatic carbocycles. The molecule has 1 saturated heterocycles. The number of hydrogen-bond acceptors (Lipinski definition) is 3. The first-order chi connectivity index (χ1) is 10.1. The van der Waals surface area contributed by atoms with Gasteiger partial charge < -0.3 is 9.47 Å². The van der Waals surface area contributed by atoms with E-state index >= 15 is 0 Å². The van der Waals surface area contributed by atoms with Crippen LogP contribution < -0.4 is 0 Å². The van der Waals surface area contributed by atoms with E-state index in [1.807, 2.05) is 19.1 Å². The maximum Gasteiger partial charge on any atom is 0.166 e. The lowest BCUT2D eigenvalue weighted by Gasteiger charge is -2.30. The molecule has 0 unspecified atom stereocenters. The Hall–Kier alpha value is -0.870. The van der Waals surface area contributed by atoms with Crippen molar-refractivity contribution in [2.24, 2.45) is 0 Å². The molecule has 3 nitrogen and oxygen atoms in total. The Kier molecular flexibility index (Phi) is 4.65. The number of halogens is 1. The van der Waals surface area contributed by atoms with Crippen LogP contribution in [0.4, 0.5) is 0 Å². The summed E-state index contributed by atoms with van der Waals surface area (Å²) in [5.74, 6) is -0.375. The van der Waals surface area contributed by atoms with E-state index in [1.54, 1.807) is 0 Å². The second-order valence-corrected chi connectivity index (χ2v) is 6.30. The summed E-state index contributed by atoms with van der Waals surface area (Å²) in [6, 6.07) is 8.12. The summed E-state index contributed by atoms with van der Waals surface area (Å²) in [5.41, 5.74) is 2.70. The lowest BCUT2D eigenvalue weighted by Crippen LogP contribution is -2.35. The monoisotopic (exact) mass is 307 g/mol. The summed E-state index contributed by atoms with van der Waals surface area (Å²) >= 11 is 5.94. The summed E-state index contributed by atoms with van der Waals surface area (Å²) in [5, 5.41) is 0.793. The van der Waals surface area contributed by atoms with E-state index < -0.39 is 0 Å². The molecule has 2 aliphatic heterocycles. The highest BCUT2D eigenvalue weighted by Crippen LogP contribution is 2.26. The van der Waals surface area contributed by atoms with Crippen LogP contribution in [0.3, 0.4) is 0 Å². The Morgan fingerprint density at radius 1 is 1.19 bits per heavy atom. The van der Waals surface area contributed by atoms with Crippen LogP contribution in [0.15, 0.2) is 30.3 Å². The maximum atomic E-state index is 5.94. The van der Waals surface area contributed by atoms with Gasteiger partial charge in [-0.15, -0.1) is 0 Å². The summed E-state index contributed by atoms with van der Waals surface area (Å²) in [6.07, 6.45) is 4.34. The van der Waals surface area contributed by atoms with Gasteiger partial charge in [-0.1, -0.05) is 29.8 Å². The van der Waals surface area contributed by atoms with E-state index in [-0.39, 0.29) is 5.79 Å². The van der Waals surface area contributed by atoms with E-state index in [2.05, 4.69) is 23.1 Å². The van der Waals surface area contributed by atoms with Gasteiger partial charge >= 0.3 is 0 Å². The van der Waals surface area contributed by atoms with Gasteiger partial charge in [0.2, 0.25) is 0 Å². The average molecular weight is 308 g/mol. The van der Waals surface area contributed by atoms with Gasteiger partial charge in [-0.25, -0.2) is 0 Å². The van der Waals surface area contributed by atoms with E-state index in [0.717, 1.165) is 50.7 Å². The molecule has 0 N–H and O–H groups in total. The minimum Gasteiger partial charge on any atom is -0.348 e. The highest BCUT2D eigenvalue weighted by atomic mass is 35.5. The fraction of sp³-hybridized carbons (Fsp3) is 0.529. The first-order valence-corrected chi connectivity index (χ1v) is 7.98. The molecule has 1 fully saturated rings. The Labute approximate surface area is 131 Å². The second kappa shape index (κ2) is 6.49. The molecule has 21 heavy (non-hydrogen) atoms. The molecule has 0 aromatic heterocycles. The van der Waals surface area contributed by atoms with Crippen molar-refractivity contribution in [2.45, 2.75) is 25.6 Å². The van der Waals surface area contributed by atoms with Crippen molar-refractivity contribution in [3.05, 3.63) is 40.9 Å². The third-order valence-corrected chi connectivity index (χ3v) is 4.54. The normalized spacial score (nSPS) is 22.3. The molecule has 0 saturated carbocycles. The molecule has 1 aromatic carbocycles. The molecule has 0 radical (unpaired) electrons. The number of rotatable bonds is 4. The zero-order valence-corrected chi connectivity index (χ0v) is 13.2. The number of hydrogen-bond donors (Lipinski definition) is 0. The van der Waals surface area contributed by atoms with Crippen molar-refractivity contribution in [2.75, 3.05) is 32.8 Å². The lowest BCUT2D eigenvalue weighted by molar-refractivity contribution is -0.149. The van der Waals surface area contributed by atoms with Gasteiger partial charge in [0.25, 0.3) is 0 Å². The molecule has 1 aromatic rings. The van der Waals surface area contributed by atoms with Crippen molar-refractivity contribution in [3.8, 4) is 0 Å². The van der Waals surface area contributed by atoms with Gasteiger partial charge in [0.15, 0.2) is 5.79 Å². The van der Waals surface area contributed by atoms with Gasteiger partial charge in [-0.05, 0) is 36.6 Å². The smallest absolute Gasteiger partial charge is 0.166 e. The highest BCUT2D eigenvalue weighted by molar-refractivity contribution is 6.30. The van der Waals surface area contributed by atoms with Gasteiger partial charge in [-0.3, -0.25) is 4.90 Å². The fourth-order valence-electron chi connectivity index (χ4n) is 2.90. The molecule has 2 heterocycles. The van der Waals surface area contributed by atoms with Crippen LogP contribution in [0.5, 0.6) is 0 Å². The number of ether oxygens (including phenoxy) is 2. The van der Waals surface area contributed by atoms with Crippen LogP contribution in [0.1, 0.15) is 25.3 Å². The van der Waals surface area contributed by atoms with Crippen molar-refractivity contribution < 1.29 is 9.47 Å². The van der Waals surface area contributed by atoms with Crippen molar-refractivity contribution >= 4 is 17.2 Å². The molecule has 2 aliphatic rings. The van der Waals surface area contributed by atoms with Gasteiger partial charge in [0.1, 0.15) is 0 Å². The molecule has 0 atom stereocenters. The minimum absolute atomic E-state index is 0.375. The third kappa shape index (κ3) is 3.86. The molecule has 3 rings (SSSR count). The summed E-state index contributed by atoms with van der Waals surface area (Å²) in [4.78, 5) is 2.45. The SMILES string of the molecule is CC1(CCN2CC=C(c3ccc(Cl)cc3)CC2)OCCO1.